The fourth-order valence-corrected chi connectivity index (χ4v) is 2.40. The lowest BCUT2D eigenvalue weighted by molar-refractivity contribution is 0.0963. The normalized spacial score (nSPS) is 19.1. The smallest absolute Gasteiger partial charge is 0.164 e. The third-order valence-corrected chi connectivity index (χ3v) is 3.49. The Hall–Kier alpha value is -1.35. The molecule has 0 saturated carbocycles. The van der Waals surface area contributed by atoms with Crippen molar-refractivity contribution in [3.63, 3.8) is 0 Å². The van der Waals surface area contributed by atoms with E-state index in [4.69, 9.17) is 4.74 Å². The molecule has 0 radical (unpaired) electrons. The summed E-state index contributed by atoms with van der Waals surface area (Å²) >= 11 is 0. The van der Waals surface area contributed by atoms with Gasteiger partial charge in [-0.15, -0.1) is 0 Å². The molecule has 1 saturated heterocycles. The Labute approximate surface area is 115 Å². The van der Waals surface area contributed by atoms with E-state index in [0.29, 0.717) is 12.5 Å². The van der Waals surface area contributed by atoms with Gasteiger partial charge in [0.2, 0.25) is 0 Å². The maximum atomic E-state index is 12.2. The SMILES string of the molecule is CCCOc1ccc(C(=O)CC2CCCCN2)cc1. The van der Waals surface area contributed by atoms with Crippen LogP contribution in [-0.2, 0) is 0 Å². The van der Waals surface area contributed by atoms with E-state index in [1.807, 2.05) is 24.3 Å². The number of carbonyl (C=O) groups excluding carboxylic acids is 1. The number of hydrogen-bond acceptors (Lipinski definition) is 3. The molecule has 0 amide bonds. The lowest BCUT2D eigenvalue weighted by Crippen LogP contribution is -2.35. The van der Waals surface area contributed by atoms with E-state index in [0.717, 1.165) is 37.3 Å². The van der Waals surface area contributed by atoms with Gasteiger partial charge in [0, 0.05) is 18.0 Å². The van der Waals surface area contributed by atoms with Gasteiger partial charge in [-0.3, -0.25) is 4.79 Å². The highest BCUT2D eigenvalue weighted by Gasteiger charge is 2.17. The van der Waals surface area contributed by atoms with Crippen molar-refractivity contribution >= 4 is 5.78 Å². The Morgan fingerprint density at radius 2 is 2.11 bits per heavy atom. The summed E-state index contributed by atoms with van der Waals surface area (Å²) in [4.78, 5) is 12.2. The van der Waals surface area contributed by atoms with Gasteiger partial charge in [-0.1, -0.05) is 13.3 Å². The number of ketones is 1. The highest BCUT2D eigenvalue weighted by Crippen LogP contribution is 2.16. The first-order valence-corrected chi connectivity index (χ1v) is 7.29. The quantitative estimate of drug-likeness (QED) is 0.799. The van der Waals surface area contributed by atoms with Gasteiger partial charge in [0.25, 0.3) is 0 Å². The Morgan fingerprint density at radius 1 is 1.32 bits per heavy atom. The summed E-state index contributed by atoms with van der Waals surface area (Å²) in [5, 5.41) is 3.41. The van der Waals surface area contributed by atoms with Gasteiger partial charge in [0.05, 0.1) is 6.61 Å². The highest BCUT2D eigenvalue weighted by atomic mass is 16.5. The number of carbonyl (C=O) groups is 1. The van der Waals surface area contributed by atoms with Gasteiger partial charge in [-0.25, -0.2) is 0 Å². The van der Waals surface area contributed by atoms with Crippen molar-refractivity contribution in [1.82, 2.24) is 5.32 Å². The molecule has 2 rings (SSSR count). The van der Waals surface area contributed by atoms with E-state index in [2.05, 4.69) is 12.2 Å². The van der Waals surface area contributed by atoms with E-state index in [-0.39, 0.29) is 5.78 Å². The van der Waals surface area contributed by atoms with Crippen LogP contribution in [0.4, 0.5) is 0 Å². The van der Waals surface area contributed by atoms with Crippen molar-refractivity contribution < 1.29 is 9.53 Å². The average Bonchev–Trinajstić information content (AvgIpc) is 2.46. The topological polar surface area (TPSA) is 38.3 Å². The monoisotopic (exact) mass is 261 g/mol. The van der Waals surface area contributed by atoms with Crippen LogP contribution in [0, 0.1) is 0 Å². The molecule has 0 aliphatic carbocycles. The van der Waals surface area contributed by atoms with Gasteiger partial charge in [-0.2, -0.15) is 0 Å². The number of ether oxygens (including phenoxy) is 1. The first-order chi connectivity index (χ1) is 9.29. The summed E-state index contributed by atoms with van der Waals surface area (Å²) in [5.74, 6) is 1.07. The molecule has 1 heterocycles. The van der Waals surface area contributed by atoms with Gasteiger partial charge >= 0.3 is 0 Å². The Bertz CT molecular complexity index is 394. The minimum Gasteiger partial charge on any atom is -0.494 e. The fourth-order valence-electron chi connectivity index (χ4n) is 2.40. The lowest BCUT2D eigenvalue weighted by atomic mass is 9.97. The van der Waals surface area contributed by atoms with Crippen LogP contribution in [0.15, 0.2) is 24.3 Å². The number of benzene rings is 1. The molecule has 3 nitrogen and oxygen atoms in total. The van der Waals surface area contributed by atoms with Crippen LogP contribution < -0.4 is 10.1 Å². The van der Waals surface area contributed by atoms with Crippen molar-refractivity contribution in [2.75, 3.05) is 13.2 Å². The summed E-state index contributed by atoms with van der Waals surface area (Å²) in [7, 11) is 0. The molecule has 0 aromatic heterocycles. The van der Waals surface area contributed by atoms with Crippen molar-refractivity contribution in [1.29, 1.82) is 0 Å². The van der Waals surface area contributed by atoms with Crippen molar-refractivity contribution in [2.45, 2.75) is 45.1 Å². The van der Waals surface area contributed by atoms with Crippen LogP contribution in [0.5, 0.6) is 5.75 Å². The molecule has 3 heteroatoms. The zero-order valence-corrected chi connectivity index (χ0v) is 11.7. The second-order valence-electron chi connectivity index (χ2n) is 5.15. The number of rotatable bonds is 6. The number of nitrogens with one attached hydrogen (secondary N) is 1. The first kappa shape index (κ1) is 14.1. The largest absolute Gasteiger partial charge is 0.494 e. The number of piperidine rings is 1. The van der Waals surface area contributed by atoms with Crippen LogP contribution in [0.3, 0.4) is 0 Å². The molecule has 1 aromatic rings. The molecule has 1 aliphatic rings. The maximum Gasteiger partial charge on any atom is 0.164 e. The van der Waals surface area contributed by atoms with Gasteiger partial charge < -0.3 is 10.1 Å². The van der Waals surface area contributed by atoms with Crippen molar-refractivity contribution in [3.8, 4) is 5.75 Å². The molecule has 0 bridgehead atoms. The van der Waals surface area contributed by atoms with Crippen LogP contribution in [0.2, 0.25) is 0 Å². The van der Waals surface area contributed by atoms with Gasteiger partial charge in [-0.05, 0) is 50.1 Å². The standard InChI is InChI=1S/C16H23NO2/c1-2-11-19-15-8-6-13(7-9-15)16(18)12-14-5-3-4-10-17-14/h6-9,14,17H,2-5,10-12H2,1H3. The third-order valence-electron chi connectivity index (χ3n) is 3.49. The molecular weight excluding hydrogens is 238 g/mol. The van der Waals surface area contributed by atoms with E-state index in [9.17, 15) is 4.79 Å². The molecule has 1 atom stereocenters. The second kappa shape index (κ2) is 7.29. The first-order valence-electron chi connectivity index (χ1n) is 7.29. The van der Waals surface area contributed by atoms with E-state index >= 15 is 0 Å². The summed E-state index contributed by atoms with van der Waals surface area (Å²) in [6.45, 7) is 3.84. The van der Waals surface area contributed by atoms with Crippen molar-refractivity contribution in [3.05, 3.63) is 29.8 Å². The summed E-state index contributed by atoms with van der Waals surface area (Å²) in [5.41, 5.74) is 0.788. The minimum absolute atomic E-state index is 0.224. The van der Waals surface area contributed by atoms with E-state index in [1.54, 1.807) is 0 Å². The summed E-state index contributed by atoms with van der Waals surface area (Å²) < 4.78 is 5.52. The van der Waals surface area contributed by atoms with Crippen LogP contribution in [-0.4, -0.2) is 25.0 Å². The predicted octanol–water partition coefficient (Wildman–Crippen LogP) is 3.19. The molecule has 104 valence electrons. The van der Waals surface area contributed by atoms with Crippen LogP contribution in [0.25, 0.3) is 0 Å². The average molecular weight is 261 g/mol. The van der Waals surface area contributed by atoms with Gasteiger partial charge in [0.1, 0.15) is 5.75 Å². The molecular formula is C16H23NO2. The summed E-state index contributed by atoms with van der Waals surface area (Å²) in [6, 6.07) is 7.87. The maximum absolute atomic E-state index is 12.2. The molecule has 1 fully saturated rings. The van der Waals surface area contributed by atoms with E-state index < -0.39 is 0 Å². The number of Topliss-reactive ketones (excluding diaryl/α,β-unsaturated/α-hetero) is 1. The van der Waals surface area contributed by atoms with Crippen LogP contribution in [0.1, 0.15) is 49.4 Å². The third kappa shape index (κ3) is 4.35. The molecule has 1 N–H and O–H groups in total. The zero-order chi connectivity index (χ0) is 13.5. The Morgan fingerprint density at radius 3 is 2.74 bits per heavy atom. The van der Waals surface area contributed by atoms with Crippen molar-refractivity contribution in [2.24, 2.45) is 0 Å². The molecule has 19 heavy (non-hydrogen) atoms. The minimum atomic E-state index is 0.224. The highest BCUT2D eigenvalue weighted by molar-refractivity contribution is 5.96. The second-order valence-corrected chi connectivity index (χ2v) is 5.15. The number of hydrogen-bond donors (Lipinski definition) is 1. The zero-order valence-electron chi connectivity index (χ0n) is 11.7. The fraction of sp³-hybridized carbons (Fsp3) is 0.562. The predicted molar refractivity (Wildman–Crippen MR) is 76.8 cm³/mol. The molecule has 0 spiro atoms. The Balaban J connectivity index is 1.87. The Kier molecular flexibility index (Phi) is 5.40. The summed E-state index contributed by atoms with van der Waals surface area (Å²) in [6.07, 6.45) is 5.18. The molecule has 1 aromatic carbocycles. The lowest BCUT2D eigenvalue weighted by Gasteiger charge is -2.22. The van der Waals surface area contributed by atoms with E-state index in [1.165, 1.54) is 12.8 Å². The van der Waals surface area contributed by atoms with Crippen LogP contribution >= 0.6 is 0 Å². The van der Waals surface area contributed by atoms with Gasteiger partial charge in [0.15, 0.2) is 5.78 Å². The molecule has 1 unspecified atom stereocenters. The molecule has 1 aliphatic heterocycles.